The van der Waals surface area contributed by atoms with E-state index < -0.39 is 5.97 Å². The van der Waals surface area contributed by atoms with E-state index in [1.54, 1.807) is 6.92 Å². The van der Waals surface area contributed by atoms with Crippen molar-refractivity contribution >= 4 is 16.9 Å². The molecule has 0 aliphatic rings. The average Bonchev–Trinajstić information content (AvgIpc) is 2.57. The summed E-state index contributed by atoms with van der Waals surface area (Å²) in [5.74, 6) is -0.547. The second kappa shape index (κ2) is 3.91. The first kappa shape index (κ1) is 11.7. The number of hydrogen-bond acceptors (Lipinski definition) is 2. The summed E-state index contributed by atoms with van der Waals surface area (Å²) in [6.07, 6.45) is 0. The van der Waals surface area contributed by atoms with Crippen molar-refractivity contribution in [2.75, 3.05) is 0 Å². The summed E-state index contributed by atoms with van der Waals surface area (Å²) in [4.78, 5) is 11.0. The highest BCUT2D eigenvalue weighted by Gasteiger charge is 2.18. The molecule has 1 aromatic carbocycles. The molecule has 0 aliphatic heterocycles. The van der Waals surface area contributed by atoms with Gasteiger partial charge in [0.1, 0.15) is 5.58 Å². The molecule has 90 valence electrons. The Labute approximate surface area is 100 Å². The Morgan fingerprint density at radius 2 is 1.94 bits per heavy atom. The molecule has 0 saturated carbocycles. The molecular weight excluding hydrogens is 216 g/mol. The highest BCUT2D eigenvalue weighted by molar-refractivity contribution is 5.96. The third-order valence-electron chi connectivity index (χ3n) is 3.11. The summed E-state index contributed by atoms with van der Waals surface area (Å²) < 4.78 is 5.43. The van der Waals surface area contributed by atoms with Crippen molar-refractivity contribution < 1.29 is 14.3 Å². The molecule has 1 heterocycles. The molecular formula is C14H16O3. The number of carboxylic acids is 1. The highest BCUT2D eigenvalue weighted by Crippen LogP contribution is 2.31. The zero-order valence-electron chi connectivity index (χ0n) is 10.5. The minimum atomic E-state index is -1.01. The number of carbonyl (C=O) groups is 1. The Morgan fingerprint density at radius 3 is 2.47 bits per heavy atom. The zero-order valence-corrected chi connectivity index (χ0v) is 10.5. The molecule has 0 bridgehead atoms. The largest absolute Gasteiger partial charge is 0.475 e. The quantitative estimate of drug-likeness (QED) is 0.855. The van der Waals surface area contributed by atoms with E-state index in [4.69, 9.17) is 9.52 Å². The maximum atomic E-state index is 11.0. The van der Waals surface area contributed by atoms with Crippen LogP contribution in [-0.4, -0.2) is 11.1 Å². The van der Waals surface area contributed by atoms with Crippen LogP contribution >= 0.6 is 0 Å². The maximum absolute atomic E-state index is 11.0. The van der Waals surface area contributed by atoms with Crippen LogP contribution in [0.3, 0.4) is 0 Å². The Balaban J connectivity index is 2.79. The zero-order chi connectivity index (χ0) is 12.7. The third kappa shape index (κ3) is 1.82. The van der Waals surface area contributed by atoms with Gasteiger partial charge in [-0.25, -0.2) is 4.79 Å². The van der Waals surface area contributed by atoms with E-state index in [0.29, 0.717) is 17.1 Å². The molecule has 3 heteroatoms. The van der Waals surface area contributed by atoms with Crippen molar-refractivity contribution in [2.24, 2.45) is 0 Å². The number of furan rings is 1. The van der Waals surface area contributed by atoms with E-state index in [0.717, 1.165) is 10.9 Å². The van der Waals surface area contributed by atoms with E-state index in [1.165, 1.54) is 5.56 Å². The standard InChI is InChI=1S/C14H16O3/c1-7(2)10-5-8(3)12-11(6-10)9(4)13(17-12)14(15)16/h5-7H,1-4H3,(H,15,16). The average molecular weight is 232 g/mol. The predicted molar refractivity (Wildman–Crippen MR) is 66.7 cm³/mol. The van der Waals surface area contributed by atoms with Gasteiger partial charge < -0.3 is 9.52 Å². The fraction of sp³-hybridized carbons (Fsp3) is 0.357. The monoisotopic (exact) mass is 232 g/mol. The van der Waals surface area contributed by atoms with Gasteiger partial charge in [0.05, 0.1) is 0 Å². The van der Waals surface area contributed by atoms with Gasteiger partial charge in [-0.05, 0) is 37.0 Å². The molecule has 3 nitrogen and oxygen atoms in total. The minimum Gasteiger partial charge on any atom is -0.475 e. The molecule has 0 aliphatic carbocycles. The number of benzene rings is 1. The van der Waals surface area contributed by atoms with Crippen LogP contribution in [0.1, 0.15) is 47.0 Å². The van der Waals surface area contributed by atoms with Crippen molar-refractivity contribution in [1.29, 1.82) is 0 Å². The second-order valence-corrected chi connectivity index (χ2v) is 4.73. The molecule has 0 atom stereocenters. The summed E-state index contributed by atoms with van der Waals surface area (Å²) in [6.45, 7) is 7.98. The number of hydrogen-bond donors (Lipinski definition) is 1. The van der Waals surface area contributed by atoms with Crippen LogP contribution in [0.25, 0.3) is 11.0 Å². The van der Waals surface area contributed by atoms with Crippen molar-refractivity contribution in [2.45, 2.75) is 33.6 Å². The molecule has 1 N–H and O–H groups in total. The highest BCUT2D eigenvalue weighted by atomic mass is 16.4. The summed E-state index contributed by atoms with van der Waals surface area (Å²) in [5.41, 5.74) is 3.58. The molecule has 1 aromatic heterocycles. The third-order valence-corrected chi connectivity index (χ3v) is 3.11. The first-order valence-corrected chi connectivity index (χ1v) is 5.68. The Hall–Kier alpha value is -1.77. The lowest BCUT2D eigenvalue weighted by molar-refractivity contribution is 0.0664. The molecule has 0 fully saturated rings. The van der Waals surface area contributed by atoms with Crippen LogP contribution in [0, 0.1) is 13.8 Å². The lowest BCUT2D eigenvalue weighted by atomic mass is 9.98. The first-order valence-electron chi connectivity index (χ1n) is 5.68. The van der Waals surface area contributed by atoms with E-state index in [1.807, 2.05) is 13.0 Å². The van der Waals surface area contributed by atoms with Gasteiger partial charge in [-0.3, -0.25) is 0 Å². The SMILES string of the molecule is Cc1c(C(=O)O)oc2c(C)cc(C(C)C)cc12. The summed E-state index contributed by atoms with van der Waals surface area (Å²) >= 11 is 0. The van der Waals surface area contributed by atoms with Crippen molar-refractivity contribution in [3.63, 3.8) is 0 Å². The minimum absolute atomic E-state index is 0.0454. The fourth-order valence-electron chi connectivity index (χ4n) is 2.05. The number of fused-ring (bicyclic) bond motifs is 1. The van der Waals surface area contributed by atoms with Gasteiger partial charge in [0.2, 0.25) is 5.76 Å². The van der Waals surface area contributed by atoms with Gasteiger partial charge in [-0.2, -0.15) is 0 Å². The van der Waals surface area contributed by atoms with E-state index >= 15 is 0 Å². The number of aromatic carboxylic acids is 1. The van der Waals surface area contributed by atoms with Crippen molar-refractivity contribution in [1.82, 2.24) is 0 Å². The first-order chi connectivity index (χ1) is 7.91. The van der Waals surface area contributed by atoms with E-state index in [-0.39, 0.29) is 5.76 Å². The molecule has 0 unspecified atom stereocenters. The Kier molecular flexibility index (Phi) is 2.69. The van der Waals surface area contributed by atoms with Gasteiger partial charge >= 0.3 is 5.97 Å². The second-order valence-electron chi connectivity index (χ2n) is 4.73. The van der Waals surface area contributed by atoms with Crippen LogP contribution in [0.5, 0.6) is 0 Å². The van der Waals surface area contributed by atoms with E-state index in [2.05, 4.69) is 19.9 Å². The van der Waals surface area contributed by atoms with E-state index in [9.17, 15) is 4.79 Å². The van der Waals surface area contributed by atoms with Crippen molar-refractivity contribution in [3.05, 3.63) is 34.6 Å². The van der Waals surface area contributed by atoms with Gasteiger partial charge in [-0.1, -0.05) is 19.9 Å². The van der Waals surface area contributed by atoms with Crippen molar-refractivity contribution in [3.8, 4) is 0 Å². The van der Waals surface area contributed by atoms with Crippen LogP contribution in [-0.2, 0) is 0 Å². The van der Waals surface area contributed by atoms with Crippen LogP contribution < -0.4 is 0 Å². The van der Waals surface area contributed by atoms with Gasteiger partial charge in [0.15, 0.2) is 0 Å². The molecule has 2 aromatic rings. The smallest absolute Gasteiger partial charge is 0.372 e. The predicted octanol–water partition coefficient (Wildman–Crippen LogP) is 3.87. The van der Waals surface area contributed by atoms with Crippen LogP contribution in [0.2, 0.25) is 0 Å². The number of aryl methyl sites for hydroxylation is 2. The number of carboxylic acid groups (broad SMARTS) is 1. The molecule has 0 radical (unpaired) electrons. The molecule has 0 spiro atoms. The summed E-state index contributed by atoms with van der Waals surface area (Å²) in [7, 11) is 0. The Bertz CT molecular complexity index is 591. The van der Waals surface area contributed by atoms with Gasteiger partial charge in [0, 0.05) is 10.9 Å². The molecule has 2 rings (SSSR count). The normalized spacial score (nSPS) is 11.4. The van der Waals surface area contributed by atoms with Crippen LogP contribution in [0.4, 0.5) is 0 Å². The van der Waals surface area contributed by atoms with Gasteiger partial charge in [0.25, 0.3) is 0 Å². The van der Waals surface area contributed by atoms with Crippen LogP contribution in [0.15, 0.2) is 16.5 Å². The lowest BCUT2D eigenvalue weighted by Crippen LogP contribution is -1.95. The summed E-state index contributed by atoms with van der Waals surface area (Å²) in [5, 5.41) is 9.95. The molecule has 17 heavy (non-hydrogen) atoms. The lowest BCUT2D eigenvalue weighted by Gasteiger charge is -2.06. The summed E-state index contributed by atoms with van der Waals surface area (Å²) in [6, 6.07) is 4.08. The topological polar surface area (TPSA) is 50.4 Å². The fourth-order valence-corrected chi connectivity index (χ4v) is 2.05. The maximum Gasteiger partial charge on any atom is 0.372 e. The number of rotatable bonds is 2. The van der Waals surface area contributed by atoms with Gasteiger partial charge in [-0.15, -0.1) is 0 Å². The Morgan fingerprint density at radius 1 is 1.29 bits per heavy atom. The molecule has 0 saturated heterocycles. The molecule has 0 amide bonds.